The van der Waals surface area contributed by atoms with Crippen LogP contribution in [-0.2, 0) is 0 Å². The normalized spacial score (nSPS) is 45.0. The molecule has 2 heteroatoms. The largest absolute Gasteiger partial charge is 0.393 e. The van der Waals surface area contributed by atoms with Gasteiger partial charge >= 0.3 is 0 Å². The smallest absolute Gasteiger partial charge is 0.0567 e. The van der Waals surface area contributed by atoms with Crippen molar-refractivity contribution < 1.29 is 10.2 Å². The van der Waals surface area contributed by atoms with Crippen LogP contribution in [0.15, 0.2) is 0 Å². The fraction of sp³-hybridized carbons (Fsp3) is 1.00. The Hall–Kier alpha value is -0.0800. The molecule has 9 heavy (non-hydrogen) atoms. The predicted molar refractivity (Wildman–Crippen MR) is 35.0 cm³/mol. The van der Waals surface area contributed by atoms with Gasteiger partial charge in [0.25, 0.3) is 0 Å². The summed E-state index contributed by atoms with van der Waals surface area (Å²) in [5, 5.41) is 18.3. The highest BCUT2D eigenvalue weighted by molar-refractivity contribution is 4.75. The maximum absolute atomic E-state index is 9.18. The minimum absolute atomic E-state index is 0.164. The summed E-state index contributed by atoms with van der Waals surface area (Å²) >= 11 is 0. The summed E-state index contributed by atoms with van der Waals surface area (Å²) in [5.74, 6) is 0.286. The fourth-order valence-electron chi connectivity index (χ4n) is 1.35. The zero-order valence-electron chi connectivity index (χ0n) is 5.75. The Bertz CT molecular complexity index is 92.9. The second kappa shape index (κ2) is 2.67. The molecule has 2 N–H and O–H groups in total. The number of aliphatic hydroxyl groups excluding tert-OH is 2. The first-order valence-electron chi connectivity index (χ1n) is 3.56. The van der Waals surface area contributed by atoms with Crippen LogP contribution in [0.3, 0.4) is 0 Å². The predicted octanol–water partition coefficient (Wildman–Crippen LogP) is 0.528. The average molecular weight is 130 g/mol. The Kier molecular flexibility index (Phi) is 2.09. The summed E-state index contributed by atoms with van der Waals surface area (Å²) in [6.07, 6.45) is 1.96. The van der Waals surface area contributed by atoms with Crippen LogP contribution in [0.4, 0.5) is 0 Å². The molecular weight excluding hydrogens is 116 g/mol. The summed E-state index contributed by atoms with van der Waals surface area (Å²) in [4.78, 5) is 0. The van der Waals surface area contributed by atoms with Crippen LogP contribution in [0.1, 0.15) is 26.2 Å². The summed E-state index contributed by atoms with van der Waals surface area (Å²) in [6, 6.07) is 0. The number of hydrogen-bond donors (Lipinski definition) is 2. The zero-order valence-corrected chi connectivity index (χ0v) is 5.75. The first kappa shape index (κ1) is 7.03. The third kappa shape index (κ3) is 1.66. The second-order valence-corrected chi connectivity index (χ2v) is 3.01. The molecule has 1 saturated carbocycles. The van der Waals surface area contributed by atoms with Crippen molar-refractivity contribution in [3.05, 3.63) is 0 Å². The van der Waals surface area contributed by atoms with Crippen LogP contribution in [-0.4, -0.2) is 22.4 Å². The van der Waals surface area contributed by atoms with E-state index in [2.05, 4.69) is 0 Å². The molecule has 0 amide bonds. The Morgan fingerprint density at radius 2 is 1.89 bits per heavy atom. The topological polar surface area (TPSA) is 40.5 Å². The van der Waals surface area contributed by atoms with Crippen molar-refractivity contribution in [2.24, 2.45) is 5.92 Å². The Morgan fingerprint density at radius 1 is 1.22 bits per heavy atom. The van der Waals surface area contributed by atoms with Gasteiger partial charge in [0.05, 0.1) is 12.2 Å². The van der Waals surface area contributed by atoms with Gasteiger partial charge in [0.2, 0.25) is 0 Å². The Balaban J connectivity index is 2.35. The molecule has 1 aliphatic carbocycles. The molecule has 0 aromatic heterocycles. The van der Waals surface area contributed by atoms with Gasteiger partial charge in [0, 0.05) is 0 Å². The molecule has 3 atom stereocenters. The molecule has 54 valence electrons. The van der Waals surface area contributed by atoms with Gasteiger partial charge in [-0.05, 0) is 25.2 Å². The Labute approximate surface area is 55.5 Å². The van der Waals surface area contributed by atoms with Gasteiger partial charge in [0.1, 0.15) is 0 Å². The third-order valence-electron chi connectivity index (χ3n) is 2.10. The Morgan fingerprint density at radius 3 is 2.33 bits per heavy atom. The number of aliphatic hydroxyl groups is 2. The fourth-order valence-corrected chi connectivity index (χ4v) is 1.35. The van der Waals surface area contributed by atoms with Crippen molar-refractivity contribution in [3.8, 4) is 0 Å². The number of rotatable bonds is 0. The van der Waals surface area contributed by atoms with Crippen LogP contribution in [0.2, 0.25) is 0 Å². The maximum atomic E-state index is 9.18. The van der Waals surface area contributed by atoms with E-state index >= 15 is 0 Å². The molecule has 0 radical (unpaired) electrons. The summed E-state index contributed by atoms with van der Waals surface area (Å²) < 4.78 is 0. The van der Waals surface area contributed by atoms with Crippen molar-refractivity contribution in [3.63, 3.8) is 0 Å². The van der Waals surface area contributed by atoms with Gasteiger partial charge in [-0.2, -0.15) is 0 Å². The van der Waals surface area contributed by atoms with Crippen LogP contribution >= 0.6 is 0 Å². The minimum Gasteiger partial charge on any atom is -0.393 e. The quantitative estimate of drug-likeness (QED) is 0.502. The molecule has 0 aromatic rings. The van der Waals surface area contributed by atoms with E-state index in [9.17, 15) is 5.11 Å². The SMILES string of the molecule is C[C@H]1C[C@@H](O)CC[C@H]1O. The van der Waals surface area contributed by atoms with Crippen LogP contribution in [0, 0.1) is 5.92 Å². The molecule has 2 nitrogen and oxygen atoms in total. The van der Waals surface area contributed by atoms with Gasteiger partial charge < -0.3 is 10.2 Å². The van der Waals surface area contributed by atoms with Crippen LogP contribution in [0.5, 0.6) is 0 Å². The molecule has 0 aliphatic heterocycles. The average Bonchev–Trinajstić information content (AvgIpc) is 1.80. The molecule has 0 bridgehead atoms. The first-order valence-corrected chi connectivity index (χ1v) is 3.56. The lowest BCUT2D eigenvalue weighted by atomic mass is 9.86. The molecule has 0 heterocycles. The number of hydrogen-bond acceptors (Lipinski definition) is 2. The molecule has 1 rings (SSSR count). The third-order valence-corrected chi connectivity index (χ3v) is 2.10. The molecule has 0 spiro atoms. The van der Waals surface area contributed by atoms with Crippen LogP contribution < -0.4 is 0 Å². The molecular formula is C7H14O2. The van der Waals surface area contributed by atoms with Crippen molar-refractivity contribution in [2.45, 2.75) is 38.4 Å². The van der Waals surface area contributed by atoms with E-state index in [-0.39, 0.29) is 18.1 Å². The summed E-state index contributed by atoms with van der Waals surface area (Å²) in [7, 11) is 0. The second-order valence-electron chi connectivity index (χ2n) is 3.01. The highest BCUT2D eigenvalue weighted by atomic mass is 16.3. The van der Waals surface area contributed by atoms with E-state index in [1.165, 1.54) is 0 Å². The van der Waals surface area contributed by atoms with Crippen molar-refractivity contribution in [2.75, 3.05) is 0 Å². The standard InChI is InChI=1S/C7H14O2/c1-5-4-6(8)2-3-7(5)9/h5-9H,2-4H2,1H3/t5-,6-,7+/m0/s1. The van der Waals surface area contributed by atoms with Gasteiger partial charge in [-0.25, -0.2) is 0 Å². The van der Waals surface area contributed by atoms with Gasteiger partial charge in [0.15, 0.2) is 0 Å². The van der Waals surface area contributed by atoms with E-state index in [1.54, 1.807) is 0 Å². The highest BCUT2D eigenvalue weighted by Crippen LogP contribution is 2.23. The molecule has 1 fully saturated rings. The van der Waals surface area contributed by atoms with Crippen LogP contribution in [0.25, 0.3) is 0 Å². The summed E-state index contributed by atoms with van der Waals surface area (Å²) in [6.45, 7) is 1.98. The van der Waals surface area contributed by atoms with Crippen molar-refractivity contribution >= 4 is 0 Å². The van der Waals surface area contributed by atoms with Crippen molar-refractivity contribution in [1.29, 1.82) is 0 Å². The molecule has 0 saturated heterocycles. The van der Waals surface area contributed by atoms with E-state index in [1.807, 2.05) is 6.92 Å². The van der Waals surface area contributed by atoms with E-state index in [0.717, 1.165) is 19.3 Å². The molecule has 0 unspecified atom stereocenters. The van der Waals surface area contributed by atoms with E-state index in [4.69, 9.17) is 5.11 Å². The maximum Gasteiger partial charge on any atom is 0.0567 e. The highest BCUT2D eigenvalue weighted by Gasteiger charge is 2.23. The zero-order chi connectivity index (χ0) is 6.85. The lowest BCUT2D eigenvalue weighted by molar-refractivity contribution is 0.0142. The van der Waals surface area contributed by atoms with E-state index < -0.39 is 0 Å². The summed E-state index contributed by atoms with van der Waals surface area (Å²) in [5.41, 5.74) is 0. The lowest BCUT2D eigenvalue weighted by Crippen LogP contribution is -2.29. The molecule has 1 aliphatic rings. The minimum atomic E-state index is -0.173. The lowest BCUT2D eigenvalue weighted by Gasteiger charge is -2.27. The van der Waals surface area contributed by atoms with Gasteiger partial charge in [-0.1, -0.05) is 6.92 Å². The van der Waals surface area contributed by atoms with Crippen molar-refractivity contribution in [1.82, 2.24) is 0 Å². The van der Waals surface area contributed by atoms with Gasteiger partial charge in [-0.3, -0.25) is 0 Å². The first-order chi connectivity index (χ1) is 4.20. The van der Waals surface area contributed by atoms with Gasteiger partial charge in [-0.15, -0.1) is 0 Å². The van der Waals surface area contributed by atoms with E-state index in [0.29, 0.717) is 0 Å². The monoisotopic (exact) mass is 130 g/mol. The molecule has 0 aromatic carbocycles.